The van der Waals surface area contributed by atoms with E-state index in [1.165, 1.54) is 6.07 Å². The van der Waals surface area contributed by atoms with Crippen molar-refractivity contribution >= 4 is 27.7 Å². The van der Waals surface area contributed by atoms with Crippen molar-refractivity contribution in [1.82, 2.24) is 10.6 Å². The van der Waals surface area contributed by atoms with Gasteiger partial charge in [-0.2, -0.15) is 0 Å². The van der Waals surface area contributed by atoms with Crippen LogP contribution in [0, 0.1) is 5.82 Å². The number of nitrogens with one attached hydrogen (secondary N) is 2. The predicted molar refractivity (Wildman–Crippen MR) is 83.3 cm³/mol. The van der Waals surface area contributed by atoms with Crippen LogP contribution in [0.15, 0.2) is 22.7 Å². The van der Waals surface area contributed by atoms with E-state index in [1.807, 2.05) is 13.8 Å². The van der Waals surface area contributed by atoms with E-state index in [9.17, 15) is 14.0 Å². The van der Waals surface area contributed by atoms with Gasteiger partial charge in [0.15, 0.2) is 0 Å². The summed E-state index contributed by atoms with van der Waals surface area (Å²) in [6, 6.07) is 3.87. The molecule has 0 aliphatic heterocycles. The van der Waals surface area contributed by atoms with Gasteiger partial charge in [0, 0.05) is 6.04 Å². The average molecular weight is 359 g/mol. The van der Waals surface area contributed by atoms with Crippen molar-refractivity contribution in [3.63, 3.8) is 0 Å². The Labute approximate surface area is 132 Å². The first-order valence-electron chi connectivity index (χ1n) is 6.87. The summed E-state index contributed by atoms with van der Waals surface area (Å²) in [7, 11) is 0. The van der Waals surface area contributed by atoms with Crippen molar-refractivity contribution in [3.8, 4) is 0 Å². The van der Waals surface area contributed by atoms with Crippen molar-refractivity contribution in [3.05, 3.63) is 34.1 Å². The Kier molecular flexibility index (Phi) is 6.81. The molecule has 6 heteroatoms. The maximum Gasteiger partial charge on any atom is 0.242 e. The third-order valence-corrected chi connectivity index (χ3v) is 3.73. The van der Waals surface area contributed by atoms with E-state index in [4.69, 9.17) is 0 Å². The highest BCUT2D eigenvalue weighted by molar-refractivity contribution is 9.10. The molecule has 2 N–H and O–H groups in total. The molecule has 0 aliphatic carbocycles. The summed E-state index contributed by atoms with van der Waals surface area (Å²) >= 11 is 3.07. The summed E-state index contributed by atoms with van der Waals surface area (Å²) in [5, 5.41) is 5.44. The predicted octanol–water partition coefficient (Wildman–Crippen LogP) is 2.55. The van der Waals surface area contributed by atoms with Crippen LogP contribution in [-0.2, 0) is 16.0 Å². The lowest BCUT2D eigenvalue weighted by atomic mass is 10.1. The highest BCUT2D eigenvalue weighted by Crippen LogP contribution is 2.17. The van der Waals surface area contributed by atoms with Gasteiger partial charge in [0.2, 0.25) is 11.8 Å². The summed E-state index contributed by atoms with van der Waals surface area (Å²) in [6.45, 7) is 5.51. The maximum absolute atomic E-state index is 13.1. The first-order valence-corrected chi connectivity index (χ1v) is 7.66. The Balaban J connectivity index is 2.52. The molecule has 0 fully saturated rings. The van der Waals surface area contributed by atoms with Crippen LogP contribution in [0.3, 0.4) is 0 Å². The van der Waals surface area contributed by atoms with Crippen LogP contribution in [0.2, 0.25) is 0 Å². The number of hydrogen-bond donors (Lipinski definition) is 2. The van der Waals surface area contributed by atoms with Crippen LogP contribution >= 0.6 is 15.9 Å². The lowest BCUT2D eigenvalue weighted by Gasteiger charge is -2.17. The highest BCUT2D eigenvalue weighted by Gasteiger charge is 2.17. The summed E-state index contributed by atoms with van der Waals surface area (Å²) in [6.07, 6.45) is 0.926. The lowest BCUT2D eigenvalue weighted by molar-refractivity contribution is -0.128. The molecular weight excluding hydrogens is 339 g/mol. The zero-order valence-electron chi connectivity index (χ0n) is 12.4. The molecular formula is C15H20BrFN2O2. The Morgan fingerprint density at radius 2 is 1.95 bits per heavy atom. The number of hydrogen-bond acceptors (Lipinski definition) is 2. The SMILES string of the molecule is CCC(C)NC(=O)C(C)NC(=O)Cc1ccc(F)c(Br)c1. The normalized spacial score (nSPS) is 13.4. The second-order valence-electron chi connectivity index (χ2n) is 5.03. The monoisotopic (exact) mass is 358 g/mol. The fourth-order valence-electron chi connectivity index (χ4n) is 1.66. The molecule has 0 bridgehead atoms. The minimum absolute atomic E-state index is 0.0740. The molecule has 0 heterocycles. The van der Waals surface area contributed by atoms with Crippen molar-refractivity contribution in [2.75, 3.05) is 0 Å². The molecule has 116 valence electrons. The second kappa shape index (κ2) is 8.12. The van der Waals surface area contributed by atoms with Gasteiger partial charge in [-0.3, -0.25) is 9.59 Å². The van der Waals surface area contributed by atoms with Crippen LogP contribution in [0.1, 0.15) is 32.8 Å². The van der Waals surface area contributed by atoms with E-state index in [0.717, 1.165) is 6.42 Å². The topological polar surface area (TPSA) is 58.2 Å². The van der Waals surface area contributed by atoms with Gasteiger partial charge in [-0.05, 0) is 53.9 Å². The van der Waals surface area contributed by atoms with Crippen molar-refractivity contribution in [1.29, 1.82) is 0 Å². The van der Waals surface area contributed by atoms with Gasteiger partial charge in [-0.15, -0.1) is 0 Å². The van der Waals surface area contributed by atoms with Gasteiger partial charge in [-0.25, -0.2) is 4.39 Å². The van der Waals surface area contributed by atoms with Crippen LogP contribution < -0.4 is 10.6 Å². The number of benzene rings is 1. The Hall–Kier alpha value is -1.43. The van der Waals surface area contributed by atoms with Crippen LogP contribution in [0.4, 0.5) is 4.39 Å². The Bertz CT molecular complexity index is 522. The Morgan fingerprint density at radius 1 is 1.29 bits per heavy atom. The molecule has 1 aromatic rings. The molecule has 0 spiro atoms. The molecule has 0 saturated heterocycles. The molecule has 1 rings (SSSR count). The van der Waals surface area contributed by atoms with Gasteiger partial charge in [0.1, 0.15) is 11.9 Å². The molecule has 2 atom stereocenters. The molecule has 0 aromatic heterocycles. The van der Waals surface area contributed by atoms with Gasteiger partial charge in [0.25, 0.3) is 0 Å². The first-order chi connectivity index (χ1) is 9.83. The van der Waals surface area contributed by atoms with Gasteiger partial charge in [0.05, 0.1) is 10.9 Å². The standard InChI is InChI=1S/C15H20BrFN2O2/c1-4-9(2)18-15(21)10(3)19-14(20)8-11-5-6-13(17)12(16)7-11/h5-7,9-10H,4,8H2,1-3H3,(H,18,21)(H,19,20). The minimum Gasteiger partial charge on any atom is -0.352 e. The zero-order valence-corrected chi connectivity index (χ0v) is 14.0. The van der Waals surface area contributed by atoms with E-state index in [-0.39, 0.29) is 30.1 Å². The van der Waals surface area contributed by atoms with Gasteiger partial charge < -0.3 is 10.6 Å². The van der Waals surface area contributed by atoms with Crippen molar-refractivity contribution in [2.24, 2.45) is 0 Å². The fraction of sp³-hybridized carbons (Fsp3) is 0.467. The van der Waals surface area contributed by atoms with Crippen molar-refractivity contribution in [2.45, 2.75) is 45.7 Å². The Morgan fingerprint density at radius 3 is 2.52 bits per heavy atom. The van der Waals surface area contributed by atoms with Gasteiger partial charge in [-0.1, -0.05) is 13.0 Å². The molecule has 0 aliphatic rings. The maximum atomic E-state index is 13.1. The highest BCUT2D eigenvalue weighted by atomic mass is 79.9. The second-order valence-corrected chi connectivity index (χ2v) is 5.89. The third kappa shape index (κ3) is 5.83. The molecule has 1 aromatic carbocycles. The number of carbonyl (C=O) groups excluding carboxylic acids is 2. The van der Waals surface area contributed by atoms with Crippen LogP contribution in [0.25, 0.3) is 0 Å². The van der Waals surface area contributed by atoms with E-state index >= 15 is 0 Å². The molecule has 0 radical (unpaired) electrons. The quantitative estimate of drug-likeness (QED) is 0.820. The first kappa shape index (κ1) is 17.6. The minimum atomic E-state index is -0.601. The molecule has 2 unspecified atom stereocenters. The fourth-order valence-corrected chi connectivity index (χ4v) is 2.09. The van der Waals surface area contributed by atoms with Crippen LogP contribution in [-0.4, -0.2) is 23.9 Å². The molecule has 0 saturated carbocycles. The van der Waals surface area contributed by atoms with Crippen LogP contribution in [0.5, 0.6) is 0 Å². The largest absolute Gasteiger partial charge is 0.352 e. The smallest absolute Gasteiger partial charge is 0.242 e. The zero-order chi connectivity index (χ0) is 16.0. The summed E-state index contributed by atoms with van der Waals surface area (Å²) in [5.41, 5.74) is 0.676. The number of rotatable bonds is 6. The van der Waals surface area contributed by atoms with Crippen molar-refractivity contribution < 1.29 is 14.0 Å². The number of halogens is 2. The van der Waals surface area contributed by atoms with E-state index in [2.05, 4.69) is 26.6 Å². The van der Waals surface area contributed by atoms with E-state index in [1.54, 1.807) is 19.1 Å². The average Bonchev–Trinajstić information content (AvgIpc) is 2.42. The molecule has 21 heavy (non-hydrogen) atoms. The van der Waals surface area contributed by atoms with E-state index in [0.29, 0.717) is 10.0 Å². The number of amides is 2. The third-order valence-electron chi connectivity index (χ3n) is 3.12. The summed E-state index contributed by atoms with van der Waals surface area (Å²) in [5.74, 6) is -0.862. The lowest BCUT2D eigenvalue weighted by Crippen LogP contribution is -2.47. The molecule has 4 nitrogen and oxygen atoms in total. The van der Waals surface area contributed by atoms with E-state index < -0.39 is 6.04 Å². The summed E-state index contributed by atoms with van der Waals surface area (Å²) < 4.78 is 13.4. The van der Waals surface area contributed by atoms with Gasteiger partial charge >= 0.3 is 0 Å². The number of carbonyl (C=O) groups is 2. The summed E-state index contributed by atoms with van der Waals surface area (Å²) in [4.78, 5) is 23.7. The molecule has 2 amide bonds.